The van der Waals surface area contributed by atoms with E-state index in [4.69, 9.17) is 11.6 Å². The number of rotatable bonds is 7. The second-order valence-electron chi connectivity index (χ2n) is 16.7. The van der Waals surface area contributed by atoms with Crippen molar-refractivity contribution in [2.75, 3.05) is 65.4 Å². The van der Waals surface area contributed by atoms with Crippen LogP contribution in [0.5, 0.6) is 0 Å². The van der Waals surface area contributed by atoms with Crippen LogP contribution < -0.4 is 30.2 Å². The number of piperidine rings is 3. The number of nitriles is 1. The fraction of sp³-hybridized carbons (Fsp3) is 0.465. The third-order valence-electron chi connectivity index (χ3n) is 13.2. The smallest absolute Gasteiger partial charge is 0.262 e. The lowest BCUT2D eigenvalue weighted by Gasteiger charge is -2.44. The molecule has 1 unspecified atom stereocenters. The molecule has 2 N–H and O–H groups in total. The van der Waals surface area contributed by atoms with Crippen molar-refractivity contribution in [2.45, 2.75) is 76.0 Å². The molecule has 9 rings (SSSR count). The van der Waals surface area contributed by atoms with Crippen LogP contribution in [-0.2, 0) is 9.59 Å². The van der Waals surface area contributed by atoms with Crippen LogP contribution >= 0.6 is 11.6 Å². The molecule has 1 spiro atoms. The molecule has 0 aromatic heterocycles. The van der Waals surface area contributed by atoms with E-state index < -0.39 is 23.8 Å². The molecule has 6 heterocycles. The van der Waals surface area contributed by atoms with E-state index in [2.05, 4.69) is 67.5 Å². The summed E-state index contributed by atoms with van der Waals surface area (Å²) < 4.78 is 0. The summed E-state index contributed by atoms with van der Waals surface area (Å²) in [7, 11) is 0. The number of fused-ring (bicyclic) bond motifs is 1. The normalized spacial score (nSPS) is 24.1. The quantitative estimate of drug-likeness (QED) is 0.318. The Morgan fingerprint density at radius 1 is 0.768 bits per heavy atom. The summed E-state index contributed by atoms with van der Waals surface area (Å²) in [6.07, 6.45) is 5.90. The van der Waals surface area contributed by atoms with Crippen LogP contribution in [0, 0.1) is 16.7 Å². The van der Waals surface area contributed by atoms with E-state index in [9.17, 15) is 24.4 Å². The van der Waals surface area contributed by atoms with Crippen molar-refractivity contribution in [2.24, 2.45) is 5.41 Å². The molecule has 6 aliphatic rings. The van der Waals surface area contributed by atoms with Gasteiger partial charge in [0.25, 0.3) is 11.8 Å². The summed E-state index contributed by atoms with van der Waals surface area (Å²) in [6.45, 7) is 9.09. The zero-order chi connectivity index (χ0) is 38.7. The molecule has 2 atom stereocenters. The number of benzene rings is 3. The maximum absolute atomic E-state index is 13.3. The van der Waals surface area contributed by atoms with Gasteiger partial charge in [0, 0.05) is 93.1 Å². The first-order chi connectivity index (χ1) is 27.1. The highest BCUT2D eigenvalue weighted by molar-refractivity contribution is 6.32. The Labute approximate surface area is 332 Å². The van der Waals surface area contributed by atoms with Crippen LogP contribution in [-0.4, -0.2) is 98.5 Å². The van der Waals surface area contributed by atoms with Gasteiger partial charge < -0.3 is 24.9 Å². The number of carbonyl (C=O) groups excluding carboxylic acids is 4. The summed E-state index contributed by atoms with van der Waals surface area (Å²) in [5, 5.41) is 15.9. The molecule has 5 saturated heterocycles. The van der Waals surface area contributed by atoms with Crippen molar-refractivity contribution in [3.8, 4) is 6.07 Å². The Bertz CT molecular complexity index is 2110. The summed E-state index contributed by atoms with van der Waals surface area (Å²) in [5.74, 6) is -1.94. The molecule has 4 amide bonds. The van der Waals surface area contributed by atoms with E-state index in [1.54, 1.807) is 12.1 Å². The van der Waals surface area contributed by atoms with Crippen molar-refractivity contribution >= 4 is 58.0 Å². The van der Waals surface area contributed by atoms with Crippen LogP contribution in [0.3, 0.4) is 0 Å². The molecule has 290 valence electrons. The van der Waals surface area contributed by atoms with Gasteiger partial charge in [-0.2, -0.15) is 5.26 Å². The van der Waals surface area contributed by atoms with Crippen molar-refractivity contribution in [1.82, 2.24) is 15.5 Å². The summed E-state index contributed by atoms with van der Waals surface area (Å²) in [5.41, 5.74) is 6.02. The highest BCUT2D eigenvalue weighted by Gasteiger charge is 2.46. The predicted molar refractivity (Wildman–Crippen MR) is 215 cm³/mol. The highest BCUT2D eigenvalue weighted by Crippen LogP contribution is 2.46. The number of carbonyl (C=O) groups is 4. The molecule has 13 heteroatoms. The monoisotopic (exact) mass is 774 g/mol. The second-order valence-corrected chi connectivity index (χ2v) is 17.1. The molecule has 6 aliphatic heterocycles. The lowest BCUT2D eigenvalue weighted by atomic mass is 9.76. The zero-order valence-corrected chi connectivity index (χ0v) is 32.4. The van der Waals surface area contributed by atoms with Gasteiger partial charge in [0.1, 0.15) is 12.1 Å². The van der Waals surface area contributed by atoms with Gasteiger partial charge in [0.15, 0.2) is 0 Å². The number of anilines is 4. The lowest BCUT2D eigenvalue weighted by molar-refractivity contribution is -0.136. The molecule has 0 saturated carbocycles. The van der Waals surface area contributed by atoms with Crippen molar-refractivity contribution in [1.29, 1.82) is 5.26 Å². The number of halogens is 1. The van der Waals surface area contributed by atoms with Gasteiger partial charge in [-0.3, -0.25) is 29.4 Å². The van der Waals surface area contributed by atoms with E-state index in [1.165, 1.54) is 17.8 Å². The number of hydrogen-bond acceptors (Lipinski definition) is 10. The average Bonchev–Trinajstić information content (AvgIpc) is 3.64. The Hall–Kier alpha value is -5.12. The van der Waals surface area contributed by atoms with Crippen molar-refractivity contribution in [3.05, 3.63) is 82.4 Å². The minimum atomic E-state index is -0.960. The predicted octanol–water partition coefficient (Wildman–Crippen LogP) is 4.95. The number of imide groups is 2. The summed E-state index contributed by atoms with van der Waals surface area (Å²) >= 11 is 6.39. The first-order valence-corrected chi connectivity index (χ1v) is 20.4. The van der Waals surface area contributed by atoms with Crippen LogP contribution in [0.2, 0.25) is 5.02 Å². The van der Waals surface area contributed by atoms with Crippen molar-refractivity contribution in [3.63, 3.8) is 0 Å². The fourth-order valence-electron chi connectivity index (χ4n) is 10.0. The molecule has 56 heavy (non-hydrogen) atoms. The Morgan fingerprint density at radius 2 is 1.41 bits per heavy atom. The molecular formula is C43H47ClN8O4. The van der Waals surface area contributed by atoms with Gasteiger partial charge in [-0.15, -0.1) is 0 Å². The largest absolute Gasteiger partial charge is 0.371 e. The Kier molecular flexibility index (Phi) is 9.41. The third-order valence-corrected chi connectivity index (χ3v) is 13.5. The van der Waals surface area contributed by atoms with Gasteiger partial charge in [0.2, 0.25) is 11.8 Å². The van der Waals surface area contributed by atoms with E-state index in [-0.39, 0.29) is 18.7 Å². The van der Waals surface area contributed by atoms with Gasteiger partial charge in [0.05, 0.1) is 21.7 Å². The maximum Gasteiger partial charge on any atom is 0.262 e. The van der Waals surface area contributed by atoms with E-state index >= 15 is 0 Å². The first kappa shape index (κ1) is 36.5. The Morgan fingerprint density at radius 3 is 2.07 bits per heavy atom. The molecule has 0 bridgehead atoms. The van der Waals surface area contributed by atoms with Gasteiger partial charge in [-0.25, -0.2) is 0 Å². The van der Waals surface area contributed by atoms with E-state index in [0.717, 1.165) is 87.8 Å². The van der Waals surface area contributed by atoms with Gasteiger partial charge in [-0.1, -0.05) is 11.6 Å². The summed E-state index contributed by atoms with van der Waals surface area (Å²) in [6, 6.07) is 22.7. The zero-order valence-electron chi connectivity index (χ0n) is 31.7. The minimum Gasteiger partial charge on any atom is -0.371 e. The molecule has 12 nitrogen and oxygen atoms in total. The van der Waals surface area contributed by atoms with Gasteiger partial charge in [-0.05, 0) is 112 Å². The average molecular weight is 775 g/mol. The summed E-state index contributed by atoms with van der Waals surface area (Å²) in [4.78, 5) is 61.1. The molecule has 0 aliphatic carbocycles. The van der Waals surface area contributed by atoms with Crippen LogP contribution in [0.1, 0.15) is 78.1 Å². The number of hydrogen-bond donors (Lipinski definition) is 2. The topological polar surface area (TPSA) is 132 Å². The molecule has 0 radical (unpaired) electrons. The fourth-order valence-corrected chi connectivity index (χ4v) is 10.2. The third kappa shape index (κ3) is 6.64. The number of amides is 4. The van der Waals surface area contributed by atoms with Crippen LogP contribution in [0.4, 0.5) is 22.7 Å². The minimum absolute atomic E-state index is 0.102. The van der Waals surface area contributed by atoms with E-state index in [1.807, 2.05) is 24.3 Å². The van der Waals surface area contributed by atoms with Crippen LogP contribution in [0.15, 0.2) is 60.7 Å². The van der Waals surface area contributed by atoms with Crippen molar-refractivity contribution < 1.29 is 19.2 Å². The van der Waals surface area contributed by atoms with Crippen LogP contribution in [0.25, 0.3) is 0 Å². The lowest BCUT2D eigenvalue weighted by Crippen LogP contribution is -2.61. The maximum atomic E-state index is 13.3. The van der Waals surface area contributed by atoms with E-state index in [0.29, 0.717) is 45.3 Å². The standard InChI is InChI=1S/C43H47ClN8O4/c1-27-22-43(26-51(27)34-3-2-28(23-45)37(44)21-34)14-18-49(19-15-43)32-6-4-31(5-7-32)48-16-12-29(13-17-48)46-30-24-50(25-30)33-8-9-35-36(20-33)42(56)52(41(35)55)38-10-11-39(53)47-40(38)54/h2-9,20-21,27,29-30,38,46H,10-19,22,24-26H2,1H3,(H,47,53,54)/t27-,38?/m0/s1. The molecule has 3 aromatic rings. The molecule has 5 fully saturated rings. The highest BCUT2D eigenvalue weighted by atomic mass is 35.5. The SMILES string of the molecule is C[C@H]1CC2(CCN(c3ccc(N4CCC(NC5CN(c6ccc7c(c6)C(=O)N(C6CCC(=O)NC6=O)C7=O)C5)CC4)cc3)CC2)CN1c1ccc(C#N)c(Cl)c1. The number of nitrogens with one attached hydrogen (secondary N) is 2. The Balaban J connectivity index is 0.725. The second kappa shape index (κ2) is 14.4. The van der Waals surface area contributed by atoms with Gasteiger partial charge >= 0.3 is 0 Å². The molecular weight excluding hydrogens is 728 g/mol. The number of nitrogens with zero attached hydrogens (tertiary/aromatic N) is 6. The first-order valence-electron chi connectivity index (χ1n) is 20.0. The molecule has 3 aromatic carbocycles.